The molecular formula is C33H43N9O7S. The molecule has 0 fully saturated rings. The number of benzene rings is 2. The molecule has 0 bridgehead atoms. The second-order valence-corrected chi connectivity index (χ2v) is 12.4. The number of nitrogens with zero attached hydrogens (tertiary/aromatic N) is 1. The number of nitrogens with one attached hydrogen (secondary N) is 6. The summed E-state index contributed by atoms with van der Waals surface area (Å²) in [6.45, 7) is -0.945. The van der Waals surface area contributed by atoms with Gasteiger partial charge in [-0.25, -0.2) is 4.98 Å². The summed E-state index contributed by atoms with van der Waals surface area (Å²) in [5.74, 6) is -3.41. The molecule has 17 heteroatoms. The van der Waals surface area contributed by atoms with Crippen LogP contribution in [0.2, 0.25) is 0 Å². The molecule has 4 atom stereocenters. The minimum absolute atomic E-state index is 0.0684. The van der Waals surface area contributed by atoms with Gasteiger partial charge in [-0.05, 0) is 48.1 Å². The zero-order valence-corrected chi connectivity index (χ0v) is 28.3. The average Bonchev–Trinajstić information content (AvgIpc) is 3.62. The summed E-state index contributed by atoms with van der Waals surface area (Å²) in [6, 6.07) is 10.9. The Morgan fingerprint density at radius 3 is 2.06 bits per heavy atom. The Hall–Kier alpha value is -5.42. The van der Waals surface area contributed by atoms with E-state index in [-0.39, 0.29) is 31.4 Å². The summed E-state index contributed by atoms with van der Waals surface area (Å²) in [6.07, 6.45) is 5.31. The van der Waals surface area contributed by atoms with Gasteiger partial charge < -0.3 is 48.1 Å². The number of hydrogen-bond donors (Lipinski definition) is 9. The van der Waals surface area contributed by atoms with Crippen LogP contribution >= 0.6 is 11.8 Å². The van der Waals surface area contributed by atoms with Crippen LogP contribution in [0.5, 0.6) is 5.75 Å². The Morgan fingerprint density at radius 2 is 1.42 bits per heavy atom. The molecule has 0 aliphatic rings. The lowest BCUT2D eigenvalue weighted by Gasteiger charge is -2.25. The van der Waals surface area contributed by atoms with Crippen molar-refractivity contribution in [2.24, 2.45) is 11.5 Å². The van der Waals surface area contributed by atoms with Crippen LogP contribution in [0.15, 0.2) is 67.1 Å². The van der Waals surface area contributed by atoms with Crippen LogP contribution in [0.3, 0.4) is 0 Å². The van der Waals surface area contributed by atoms with Gasteiger partial charge in [0.05, 0.1) is 25.5 Å². The summed E-state index contributed by atoms with van der Waals surface area (Å²) < 4.78 is 0. The fourth-order valence-corrected chi connectivity index (χ4v) is 5.18. The number of primary amides is 1. The third-order valence-corrected chi connectivity index (χ3v) is 8.06. The van der Waals surface area contributed by atoms with E-state index in [4.69, 9.17) is 11.5 Å². The van der Waals surface area contributed by atoms with Crippen molar-refractivity contribution in [1.82, 2.24) is 36.6 Å². The molecule has 1 heterocycles. The molecule has 50 heavy (non-hydrogen) atoms. The third kappa shape index (κ3) is 13.6. The predicted octanol–water partition coefficient (Wildman–Crippen LogP) is -1.60. The number of amides is 6. The van der Waals surface area contributed by atoms with Crippen molar-refractivity contribution < 1.29 is 33.9 Å². The number of phenols is 1. The Kier molecular flexibility index (Phi) is 15.7. The first-order valence-corrected chi connectivity index (χ1v) is 17.1. The Morgan fingerprint density at radius 1 is 0.780 bits per heavy atom. The molecule has 0 saturated heterocycles. The number of thioether (sulfide) groups is 1. The van der Waals surface area contributed by atoms with Crippen LogP contribution in [0.1, 0.15) is 23.2 Å². The molecule has 3 aromatic rings. The fraction of sp³-hybridized carbons (Fsp3) is 0.364. The molecule has 3 rings (SSSR count). The van der Waals surface area contributed by atoms with Gasteiger partial charge >= 0.3 is 0 Å². The summed E-state index contributed by atoms with van der Waals surface area (Å²) in [4.78, 5) is 83.5. The van der Waals surface area contributed by atoms with Crippen molar-refractivity contribution in [1.29, 1.82) is 0 Å². The molecule has 0 saturated carbocycles. The smallest absolute Gasteiger partial charge is 0.243 e. The number of imidazole rings is 1. The maximum Gasteiger partial charge on any atom is 0.243 e. The van der Waals surface area contributed by atoms with E-state index in [0.29, 0.717) is 11.4 Å². The minimum Gasteiger partial charge on any atom is -0.508 e. The lowest BCUT2D eigenvalue weighted by atomic mass is 10.0. The minimum atomic E-state index is -1.14. The second-order valence-electron chi connectivity index (χ2n) is 11.4. The molecule has 1 aromatic heterocycles. The number of H-pyrrole nitrogens is 1. The van der Waals surface area contributed by atoms with Gasteiger partial charge in [0.2, 0.25) is 35.4 Å². The zero-order valence-electron chi connectivity index (χ0n) is 27.5. The van der Waals surface area contributed by atoms with Crippen LogP contribution in [-0.2, 0) is 48.0 Å². The topological polar surface area (TPSA) is 264 Å². The average molecular weight is 710 g/mol. The summed E-state index contributed by atoms with van der Waals surface area (Å²) in [5.41, 5.74) is 13.5. The number of nitrogens with two attached hydrogens (primary N) is 2. The van der Waals surface area contributed by atoms with Crippen LogP contribution < -0.4 is 38.1 Å². The molecule has 0 radical (unpaired) electrons. The number of aromatic nitrogens is 2. The van der Waals surface area contributed by atoms with E-state index in [0.717, 1.165) is 11.1 Å². The van der Waals surface area contributed by atoms with Gasteiger partial charge in [-0.1, -0.05) is 42.5 Å². The van der Waals surface area contributed by atoms with Gasteiger partial charge in [-0.15, -0.1) is 0 Å². The van der Waals surface area contributed by atoms with E-state index in [1.165, 1.54) is 36.4 Å². The van der Waals surface area contributed by atoms with Gasteiger partial charge in [0, 0.05) is 24.7 Å². The predicted molar refractivity (Wildman–Crippen MR) is 186 cm³/mol. The summed E-state index contributed by atoms with van der Waals surface area (Å²) >= 11 is 1.45. The van der Waals surface area contributed by atoms with E-state index in [1.54, 1.807) is 42.5 Å². The monoisotopic (exact) mass is 709 g/mol. The van der Waals surface area contributed by atoms with Crippen molar-refractivity contribution in [2.45, 2.75) is 49.9 Å². The largest absolute Gasteiger partial charge is 0.508 e. The molecule has 0 unspecified atom stereocenters. The molecule has 16 nitrogen and oxygen atoms in total. The van der Waals surface area contributed by atoms with Crippen molar-refractivity contribution in [3.8, 4) is 5.75 Å². The van der Waals surface area contributed by atoms with Crippen molar-refractivity contribution in [2.75, 3.05) is 25.1 Å². The third-order valence-electron chi connectivity index (χ3n) is 7.41. The van der Waals surface area contributed by atoms with E-state index in [1.807, 2.05) is 6.26 Å². The first kappa shape index (κ1) is 39.0. The first-order valence-electron chi connectivity index (χ1n) is 15.7. The number of carbonyl (C=O) groups excluding carboxylic acids is 6. The highest BCUT2D eigenvalue weighted by Crippen LogP contribution is 2.11. The SMILES string of the molecule is CSCC[C@H](NC(=O)[C@H](Cc1ccccc1)NC(=O)CNC(=O)CNC(=O)[C@@H](N)Cc1ccc(O)cc1)C(=O)N[C@@H](Cc1cnc[nH]1)C(N)=O. The molecule has 0 aliphatic heterocycles. The maximum atomic E-state index is 13.6. The molecular weight excluding hydrogens is 666 g/mol. The van der Waals surface area contributed by atoms with E-state index in [9.17, 15) is 33.9 Å². The molecule has 6 amide bonds. The molecule has 0 spiro atoms. The van der Waals surface area contributed by atoms with Gasteiger partial charge in [-0.2, -0.15) is 11.8 Å². The van der Waals surface area contributed by atoms with Gasteiger partial charge in [0.25, 0.3) is 0 Å². The molecule has 2 aromatic carbocycles. The number of aromatic hydroxyl groups is 1. The number of carbonyl (C=O) groups is 6. The van der Waals surface area contributed by atoms with Crippen LogP contribution in [0.4, 0.5) is 0 Å². The van der Waals surface area contributed by atoms with E-state index < -0.39 is 72.7 Å². The highest BCUT2D eigenvalue weighted by Gasteiger charge is 2.29. The fourth-order valence-electron chi connectivity index (χ4n) is 4.71. The van der Waals surface area contributed by atoms with Crippen LogP contribution in [0.25, 0.3) is 0 Å². The summed E-state index contributed by atoms with van der Waals surface area (Å²) in [7, 11) is 0. The Balaban J connectivity index is 1.58. The van der Waals surface area contributed by atoms with Gasteiger partial charge in [0.15, 0.2) is 0 Å². The van der Waals surface area contributed by atoms with Gasteiger partial charge in [-0.3, -0.25) is 28.8 Å². The highest BCUT2D eigenvalue weighted by molar-refractivity contribution is 7.98. The van der Waals surface area contributed by atoms with E-state index in [2.05, 4.69) is 36.6 Å². The second kappa shape index (κ2) is 20.2. The molecule has 11 N–H and O–H groups in total. The van der Waals surface area contributed by atoms with Crippen molar-refractivity contribution in [3.63, 3.8) is 0 Å². The number of aromatic amines is 1. The standard InChI is InChI=1S/C33H43N9O7S/c1-50-12-11-25(32(48)42-26(30(35)46)15-22-16-36-19-39-22)41-33(49)27(14-20-5-3-2-4-6-20)40-29(45)18-37-28(44)17-38-31(47)24(34)13-21-7-9-23(43)10-8-21/h2-10,16,19,24-27,43H,11-15,17-18,34H2,1H3,(H2,35,46)(H,36,39)(H,37,44)(H,38,47)(H,40,45)(H,41,49)(H,42,48)/t24-,25-,26-,27-/m0/s1. The lowest BCUT2D eigenvalue weighted by Crippen LogP contribution is -2.57. The quantitative estimate of drug-likeness (QED) is 0.0649. The van der Waals surface area contributed by atoms with Crippen LogP contribution in [-0.4, -0.2) is 99.8 Å². The summed E-state index contributed by atoms with van der Waals surface area (Å²) in [5, 5.41) is 22.1. The lowest BCUT2D eigenvalue weighted by molar-refractivity contribution is -0.133. The molecule has 0 aliphatic carbocycles. The van der Waals surface area contributed by atoms with Crippen molar-refractivity contribution >= 4 is 47.2 Å². The Bertz CT molecular complexity index is 1570. The van der Waals surface area contributed by atoms with Gasteiger partial charge in [0.1, 0.15) is 23.9 Å². The first-order chi connectivity index (χ1) is 23.9. The van der Waals surface area contributed by atoms with Crippen LogP contribution in [0, 0.1) is 0 Å². The number of rotatable bonds is 20. The number of phenolic OH excluding ortho intramolecular Hbond substituents is 1. The molecule has 268 valence electrons. The Labute approximate surface area is 293 Å². The normalized spacial score (nSPS) is 13.2. The zero-order chi connectivity index (χ0) is 36.5. The van der Waals surface area contributed by atoms with E-state index >= 15 is 0 Å². The highest BCUT2D eigenvalue weighted by atomic mass is 32.2. The number of hydrogen-bond acceptors (Lipinski definition) is 10. The van der Waals surface area contributed by atoms with Crippen molar-refractivity contribution in [3.05, 3.63) is 83.9 Å². The maximum absolute atomic E-state index is 13.6.